The predicted molar refractivity (Wildman–Crippen MR) is 83.1 cm³/mol. The zero-order valence-electron chi connectivity index (χ0n) is 13.1. The van der Waals surface area contributed by atoms with Gasteiger partial charge in [0.25, 0.3) is 5.91 Å². The Balaban J connectivity index is 2.97. The van der Waals surface area contributed by atoms with Crippen LogP contribution in [0.1, 0.15) is 35.3 Å². The SMILES string of the molecule is COCC(NC(=O)c1cccc(C#CCO)c1C)C(C)C. The molecule has 0 saturated carbocycles. The summed E-state index contributed by atoms with van der Waals surface area (Å²) in [4.78, 5) is 12.4. The Morgan fingerprint density at radius 1 is 1.43 bits per heavy atom. The van der Waals surface area contributed by atoms with Crippen LogP contribution in [0, 0.1) is 24.7 Å². The van der Waals surface area contributed by atoms with Gasteiger partial charge in [0.1, 0.15) is 6.61 Å². The number of aliphatic hydroxyl groups excluding tert-OH is 1. The third-order valence-corrected chi connectivity index (χ3v) is 3.35. The third kappa shape index (κ3) is 4.89. The van der Waals surface area contributed by atoms with Gasteiger partial charge in [0.2, 0.25) is 0 Å². The number of aliphatic hydroxyl groups is 1. The van der Waals surface area contributed by atoms with E-state index in [1.54, 1.807) is 19.2 Å². The Bertz CT molecular complexity index is 541. The highest BCUT2D eigenvalue weighted by Crippen LogP contribution is 2.14. The monoisotopic (exact) mass is 289 g/mol. The largest absolute Gasteiger partial charge is 0.384 e. The molecule has 0 bridgehead atoms. The van der Waals surface area contributed by atoms with E-state index in [1.165, 1.54) is 0 Å². The van der Waals surface area contributed by atoms with Crippen molar-refractivity contribution in [1.82, 2.24) is 5.32 Å². The van der Waals surface area contributed by atoms with Gasteiger partial charge in [0, 0.05) is 18.2 Å². The number of ether oxygens (including phenoxy) is 1. The summed E-state index contributed by atoms with van der Waals surface area (Å²) in [5.41, 5.74) is 2.17. The number of carbonyl (C=O) groups excluding carboxylic acids is 1. The van der Waals surface area contributed by atoms with Crippen molar-refractivity contribution in [2.75, 3.05) is 20.3 Å². The number of rotatable bonds is 5. The lowest BCUT2D eigenvalue weighted by Crippen LogP contribution is -2.41. The van der Waals surface area contributed by atoms with Crippen LogP contribution in [0.25, 0.3) is 0 Å². The fraction of sp³-hybridized carbons (Fsp3) is 0.471. The molecule has 21 heavy (non-hydrogen) atoms. The van der Waals surface area contributed by atoms with Gasteiger partial charge in [-0.05, 0) is 30.5 Å². The van der Waals surface area contributed by atoms with Gasteiger partial charge in [-0.2, -0.15) is 0 Å². The van der Waals surface area contributed by atoms with Crippen LogP contribution in [-0.4, -0.2) is 37.4 Å². The molecule has 1 unspecified atom stereocenters. The molecule has 1 amide bonds. The molecule has 0 saturated heterocycles. The normalized spacial score (nSPS) is 11.7. The molecule has 4 nitrogen and oxygen atoms in total. The second-order valence-corrected chi connectivity index (χ2v) is 5.22. The summed E-state index contributed by atoms with van der Waals surface area (Å²) in [5.74, 6) is 5.61. The average molecular weight is 289 g/mol. The molecule has 0 spiro atoms. The van der Waals surface area contributed by atoms with Crippen molar-refractivity contribution in [2.45, 2.75) is 26.8 Å². The van der Waals surface area contributed by atoms with E-state index in [9.17, 15) is 4.79 Å². The van der Waals surface area contributed by atoms with Gasteiger partial charge in [-0.15, -0.1) is 0 Å². The van der Waals surface area contributed by atoms with Crippen LogP contribution < -0.4 is 5.32 Å². The zero-order chi connectivity index (χ0) is 15.8. The first-order valence-corrected chi connectivity index (χ1v) is 7.00. The van der Waals surface area contributed by atoms with E-state index in [4.69, 9.17) is 9.84 Å². The van der Waals surface area contributed by atoms with Crippen LogP contribution in [0.15, 0.2) is 18.2 Å². The van der Waals surface area contributed by atoms with Gasteiger partial charge in [-0.1, -0.05) is 31.8 Å². The van der Waals surface area contributed by atoms with Gasteiger partial charge in [0.05, 0.1) is 12.6 Å². The van der Waals surface area contributed by atoms with E-state index < -0.39 is 0 Å². The van der Waals surface area contributed by atoms with Gasteiger partial charge < -0.3 is 15.2 Å². The summed E-state index contributed by atoms with van der Waals surface area (Å²) in [7, 11) is 1.62. The van der Waals surface area contributed by atoms with Gasteiger partial charge in [0.15, 0.2) is 0 Å². The highest BCUT2D eigenvalue weighted by Gasteiger charge is 2.18. The lowest BCUT2D eigenvalue weighted by atomic mass is 10.00. The summed E-state index contributed by atoms with van der Waals surface area (Å²) in [6.07, 6.45) is 0. The van der Waals surface area contributed by atoms with Crippen LogP contribution in [0.5, 0.6) is 0 Å². The fourth-order valence-corrected chi connectivity index (χ4v) is 1.98. The van der Waals surface area contributed by atoms with E-state index in [1.807, 2.05) is 26.8 Å². The first-order chi connectivity index (χ1) is 10.0. The molecule has 0 aliphatic rings. The van der Waals surface area contributed by atoms with E-state index in [2.05, 4.69) is 17.2 Å². The van der Waals surface area contributed by atoms with Crippen molar-refractivity contribution in [3.63, 3.8) is 0 Å². The topological polar surface area (TPSA) is 58.6 Å². The number of hydrogen-bond acceptors (Lipinski definition) is 3. The summed E-state index contributed by atoms with van der Waals surface area (Å²) in [6.45, 7) is 6.22. The molecule has 0 aromatic heterocycles. The Kier molecular flexibility index (Phi) is 6.93. The molecule has 1 rings (SSSR count). The third-order valence-electron chi connectivity index (χ3n) is 3.35. The first kappa shape index (κ1) is 17.2. The highest BCUT2D eigenvalue weighted by molar-refractivity contribution is 5.96. The standard InChI is InChI=1S/C17H23NO3/c1-12(2)16(11-21-4)18-17(20)15-9-5-7-14(13(15)3)8-6-10-19/h5,7,9,12,16,19H,10-11H2,1-4H3,(H,18,20). The van der Waals surface area contributed by atoms with Gasteiger partial charge in [-0.25, -0.2) is 0 Å². The Morgan fingerprint density at radius 2 is 2.14 bits per heavy atom. The molecule has 1 atom stereocenters. The molecular weight excluding hydrogens is 266 g/mol. The second kappa shape index (κ2) is 8.46. The number of carbonyl (C=O) groups is 1. The minimum absolute atomic E-state index is 0.0333. The molecule has 2 N–H and O–H groups in total. The van der Waals surface area contributed by atoms with Crippen molar-refractivity contribution >= 4 is 5.91 Å². The van der Waals surface area contributed by atoms with Crippen LogP contribution in [0.2, 0.25) is 0 Å². The zero-order valence-corrected chi connectivity index (χ0v) is 13.1. The maximum Gasteiger partial charge on any atom is 0.251 e. The van der Waals surface area contributed by atoms with Crippen molar-refractivity contribution < 1.29 is 14.6 Å². The van der Waals surface area contributed by atoms with Gasteiger partial charge >= 0.3 is 0 Å². The number of benzene rings is 1. The molecule has 0 heterocycles. The molecule has 0 aliphatic heterocycles. The summed E-state index contributed by atoms with van der Waals surface area (Å²) in [6, 6.07) is 5.38. The quantitative estimate of drug-likeness (QED) is 0.812. The summed E-state index contributed by atoms with van der Waals surface area (Å²) < 4.78 is 5.14. The Labute approximate surface area is 126 Å². The van der Waals surface area contributed by atoms with Crippen LogP contribution in [-0.2, 0) is 4.74 Å². The highest BCUT2D eigenvalue weighted by atomic mass is 16.5. The lowest BCUT2D eigenvalue weighted by Gasteiger charge is -2.22. The molecule has 0 radical (unpaired) electrons. The van der Waals surface area contributed by atoms with Crippen molar-refractivity contribution in [3.8, 4) is 11.8 Å². The fourth-order valence-electron chi connectivity index (χ4n) is 1.98. The van der Waals surface area contributed by atoms with E-state index in [0.717, 1.165) is 11.1 Å². The number of methoxy groups -OCH3 is 1. The Hall–Kier alpha value is -1.83. The molecule has 1 aromatic rings. The maximum absolute atomic E-state index is 12.4. The average Bonchev–Trinajstić information content (AvgIpc) is 2.45. The smallest absolute Gasteiger partial charge is 0.251 e. The van der Waals surface area contributed by atoms with Crippen molar-refractivity contribution in [3.05, 3.63) is 34.9 Å². The summed E-state index contributed by atoms with van der Waals surface area (Å²) in [5, 5.41) is 11.8. The number of hydrogen-bond donors (Lipinski definition) is 2. The Morgan fingerprint density at radius 3 is 2.71 bits per heavy atom. The number of nitrogens with one attached hydrogen (secondary N) is 1. The van der Waals surface area contributed by atoms with Crippen LogP contribution in [0.4, 0.5) is 0 Å². The minimum atomic E-state index is -0.195. The molecule has 4 heteroatoms. The van der Waals surface area contributed by atoms with Crippen LogP contribution in [0.3, 0.4) is 0 Å². The van der Waals surface area contributed by atoms with E-state index in [-0.39, 0.29) is 24.5 Å². The molecule has 0 aliphatic carbocycles. The number of amides is 1. The maximum atomic E-state index is 12.4. The van der Waals surface area contributed by atoms with Crippen molar-refractivity contribution in [1.29, 1.82) is 0 Å². The summed E-state index contributed by atoms with van der Waals surface area (Å²) >= 11 is 0. The molecule has 114 valence electrons. The predicted octanol–water partition coefficient (Wildman–Crippen LogP) is 1.74. The molecule has 0 fully saturated rings. The molecular formula is C17H23NO3. The van der Waals surface area contributed by atoms with Crippen molar-refractivity contribution in [2.24, 2.45) is 5.92 Å². The first-order valence-electron chi connectivity index (χ1n) is 7.00. The van der Waals surface area contributed by atoms with E-state index >= 15 is 0 Å². The lowest BCUT2D eigenvalue weighted by molar-refractivity contribution is 0.0866. The van der Waals surface area contributed by atoms with Gasteiger partial charge in [-0.3, -0.25) is 4.79 Å². The second-order valence-electron chi connectivity index (χ2n) is 5.22. The van der Waals surface area contributed by atoms with Crippen LogP contribution >= 0.6 is 0 Å². The van der Waals surface area contributed by atoms with E-state index in [0.29, 0.717) is 12.2 Å². The molecule has 1 aromatic carbocycles. The minimum Gasteiger partial charge on any atom is -0.384 e.